The molecule has 0 radical (unpaired) electrons. The Balaban J connectivity index is 5.12. The monoisotopic (exact) mass is 292 g/mol. The molecule has 0 spiro atoms. The maximum atomic E-state index is 12.2. The van der Waals surface area contributed by atoms with Crippen molar-refractivity contribution in [2.75, 3.05) is 19.8 Å². The predicted molar refractivity (Wildman–Crippen MR) is 78.4 cm³/mol. The zero-order valence-electron chi connectivity index (χ0n) is 13.2. The number of hydrogen-bond donors (Lipinski definition) is 0. The van der Waals surface area contributed by atoms with Crippen LogP contribution >= 0.6 is 0 Å². The second-order valence-electron chi connectivity index (χ2n) is 5.70. The molecule has 114 valence electrons. The van der Waals surface area contributed by atoms with E-state index in [9.17, 15) is 13.2 Å². The smallest absolute Gasteiger partial charge is 0.237 e. The van der Waals surface area contributed by atoms with Crippen LogP contribution in [0.4, 0.5) is 0 Å². The number of hydrogen-bond acceptors (Lipinski definition) is 3. The molecule has 1 unspecified atom stereocenters. The summed E-state index contributed by atoms with van der Waals surface area (Å²) in [6, 6.07) is 0.110. The summed E-state index contributed by atoms with van der Waals surface area (Å²) in [5.74, 6) is -0.165. The van der Waals surface area contributed by atoms with Gasteiger partial charge in [-0.1, -0.05) is 13.8 Å². The van der Waals surface area contributed by atoms with Gasteiger partial charge in [0.25, 0.3) is 0 Å². The fourth-order valence-corrected chi connectivity index (χ4v) is 3.08. The van der Waals surface area contributed by atoms with Crippen LogP contribution in [0.2, 0.25) is 0 Å². The minimum absolute atomic E-state index is 0.0967. The van der Waals surface area contributed by atoms with Gasteiger partial charge in [0.05, 0.1) is 12.8 Å². The van der Waals surface area contributed by atoms with Crippen LogP contribution < -0.4 is 0 Å². The third-order valence-electron chi connectivity index (χ3n) is 3.86. The Hall–Kier alpha value is -0.620. The van der Waals surface area contributed by atoms with Crippen molar-refractivity contribution in [1.82, 2.24) is 9.21 Å². The van der Waals surface area contributed by atoms with Crippen molar-refractivity contribution in [2.45, 2.75) is 59.0 Å². The molecule has 0 N–H and O–H groups in total. The van der Waals surface area contributed by atoms with Crippen LogP contribution in [0.15, 0.2) is 0 Å². The first-order valence-corrected chi connectivity index (χ1v) is 8.55. The zero-order chi connectivity index (χ0) is 15.4. The first kappa shape index (κ1) is 18.4. The average molecular weight is 292 g/mol. The minimum atomic E-state index is -3.41. The fourth-order valence-electron chi connectivity index (χ4n) is 1.71. The first-order chi connectivity index (χ1) is 8.47. The van der Waals surface area contributed by atoms with Crippen LogP contribution in [-0.4, -0.2) is 55.0 Å². The molecule has 0 aliphatic carbocycles. The number of amides is 1. The maximum Gasteiger partial charge on any atom is 0.237 e. The number of sulfonamides is 1. The predicted octanol–water partition coefficient (Wildman–Crippen LogP) is 1.69. The quantitative estimate of drug-likeness (QED) is 0.717. The van der Waals surface area contributed by atoms with E-state index >= 15 is 0 Å². The van der Waals surface area contributed by atoms with Crippen LogP contribution in [0.25, 0.3) is 0 Å². The summed E-state index contributed by atoms with van der Waals surface area (Å²) in [5.41, 5.74) is -0.556. The van der Waals surface area contributed by atoms with E-state index in [1.165, 1.54) is 4.31 Å². The SMILES string of the molecule is CCC(C)N(C)C(=O)CN(C(C)(C)CC)S(C)(=O)=O. The lowest BCUT2D eigenvalue weighted by atomic mass is 10.0. The molecule has 6 heteroatoms. The van der Waals surface area contributed by atoms with Gasteiger partial charge in [-0.25, -0.2) is 8.42 Å². The molecule has 0 bridgehead atoms. The summed E-state index contributed by atoms with van der Waals surface area (Å²) < 4.78 is 25.1. The highest BCUT2D eigenvalue weighted by molar-refractivity contribution is 7.88. The normalized spacial score (nSPS) is 14.5. The van der Waals surface area contributed by atoms with Crippen LogP contribution in [-0.2, 0) is 14.8 Å². The van der Waals surface area contributed by atoms with Crippen molar-refractivity contribution >= 4 is 15.9 Å². The number of rotatable bonds is 7. The van der Waals surface area contributed by atoms with Gasteiger partial charge in [-0.15, -0.1) is 0 Å². The van der Waals surface area contributed by atoms with Gasteiger partial charge in [-0.3, -0.25) is 4.79 Å². The molecule has 1 atom stereocenters. The van der Waals surface area contributed by atoms with E-state index in [0.29, 0.717) is 6.42 Å². The molecule has 0 aliphatic rings. The van der Waals surface area contributed by atoms with Crippen molar-refractivity contribution in [3.05, 3.63) is 0 Å². The van der Waals surface area contributed by atoms with E-state index < -0.39 is 15.6 Å². The molecule has 0 saturated heterocycles. The third-order valence-corrected chi connectivity index (χ3v) is 5.29. The standard InChI is InChI=1S/C13H28N2O3S/c1-8-11(3)14(6)12(16)10-15(19(7,17)18)13(4,5)9-2/h11H,8-10H2,1-7H3. The lowest BCUT2D eigenvalue weighted by molar-refractivity contribution is -0.132. The molecular formula is C13H28N2O3S. The highest BCUT2D eigenvalue weighted by Gasteiger charge is 2.34. The van der Waals surface area contributed by atoms with Gasteiger partial charge in [-0.2, -0.15) is 4.31 Å². The first-order valence-electron chi connectivity index (χ1n) is 6.70. The molecule has 0 saturated carbocycles. The molecule has 0 fully saturated rings. The van der Waals surface area contributed by atoms with Crippen molar-refractivity contribution in [3.8, 4) is 0 Å². The van der Waals surface area contributed by atoms with Gasteiger partial charge < -0.3 is 4.90 Å². The lowest BCUT2D eigenvalue weighted by Gasteiger charge is -2.37. The van der Waals surface area contributed by atoms with E-state index in [1.807, 2.05) is 34.6 Å². The van der Waals surface area contributed by atoms with Crippen molar-refractivity contribution in [2.24, 2.45) is 0 Å². The number of nitrogens with zero attached hydrogens (tertiary/aromatic N) is 2. The molecule has 0 rings (SSSR count). The van der Waals surface area contributed by atoms with Gasteiger partial charge in [-0.05, 0) is 33.6 Å². The van der Waals surface area contributed by atoms with Gasteiger partial charge in [0.15, 0.2) is 0 Å². The van der Waals surface area contributed by atoms with Gasteiger partial charge in [0, 0.05) is 18.6 Å². The second kappa shape index (κ2) is 6.70. The Morgan fingerprint density at radius 1 is 1.26 bits per heavy atom. The summed E-state index contributed by atoms with van der Waals surface area (Å²) in [6.45, 7) is 9.45. The number of carbonyl (C=O) groups excluding carboxylic acids is 1. The summed E-state index contributed by atoms with van der Waals surface area (Å²) in [5, 5.41) is 0. The Morgan fingerprint density at radius 3 is 2.05 bits per heavy atom. The van der Waals surface area contributed by atoms with E-state index in [-0.39, 0.29) is 18.5 Å². The molecule has 1 amide bonds. The Morgan fingerprint density at radius 2 is 1.74 bits per heavy atom. The van der Waals surface area contributed by atoms with E-state index in [1.54, 1.807) is 11.9 Å². The summed E-state index contributed by atoms with van der Waals surface area (Å²) in [7, 11) is -1.69. The van der Waals surface area contributed by atoms with Crippen molar-refractivity contribution in [3.63, 3.8) is 0 Å². The molecule has 0 aromatic carbocycles. The Labute approximate surface area is 118 Å². The average Bonchev–Trinajstić information content (AvgIpc) is 2.31. The molecule has 0 aromatic rings. The van der Waals surface area contributed by atoms with Crippen molar-refractivity contribution < 1.29 is 13.2 Å². The fraction of sp³-hybridized carbons (Fsp3) is 0.923. The number of likely N-dealkylation sites (N-methyl/N-ethyl adjacent to an activating group) is 1. The van der Waals surface area contributed by atoms with E-state index in [0.717, 1.165) is 12.7 Å². The largest absolute Gasteiger partial charge is 0.342 e. The zero-order valence-corrected chi connectivity index (χ0v) is 14.0. The summed E-state index contributed by atoms with van der Waals surface area (Å²) in [4.78, 5) is 13.8. The van der Waals surface area contributed by atoms with Crippen LogP contribution in [0, 0.1) is 0 Å². The maximum absolute atomic E-state index is 12.2. The van der Waals surface area contributed by atoms with Gasteiger partial charge in [0.1, 0.15) is 0 Å². The second-order valence-corrected chi connectivity index (χ2v) is 7.60. The summed E-state index contributed by atoms with van der Waals surface area (Å²) in [6.07, 6.45) is 2.65. The highest BCUT2D eigenvalue weighted by Crippen LogP contribution is 2.21. The Kier molecular flexibility index (Phi) is 6.48. The topological polar surface area (TPSA) is 57.7 Å². The molecule has 0 aliphatic heterocycles. The molecule has 5 nitrogen and oxygen atoms in total. The van der Waals surface area contributed by atoms with Crippen LogP contribution in [0.1, 0.15) is 47.5 Å². The van der Waals surface area contributed by atoms with Crippen LogP contribution in [0.3, 0.4) is 0 Å². The third kappa shape index (κ3) is 5.10. The van der Waals surface area contributed by atoms with Crippen molar-refractivity contribution in [1.29, 1.82) is 0 Å². The van der Waals surface area contributed by atoms with E-state index in [4.69, 9.17) is 0 Å². The molecule has 0 aromatic heterocycles. The van der Waals surface area contributed by atoms with Crippen LogP contribution in [0.5, 0.6) is 0 Å². The number of carbonyl (C=O) groups is 1. The van der Waals surface area contributed by atoms with Gasteiger partial charge in [0.2, 0.25) is 15.9 Å². The lowest BCUT2D eigenvalue weighted by Crippen LogP contribution is -2.52. The van der Waals surface area contributed by atoms with Gasteiger partial charge >= 0.3 is 0 Å². The molecule has 0 heterocycles. The minimum Gasteiger partial charge on any atom is -0.342 e. The molecular weight excluding hydrogens is 264 g/mol. The highest BCUT2D eigenvalue weighted by atomic mass is 32.2. The Bertz CT molecular complexity index is 404. The van der Waals surface area contributed by atoms with E-state index in [2.05, 4.69) is 0 Å². The summed E-state index contributed by atoms with van der Waals surface area (Å²) >= 11 is 0. The molecule has 19 heavy (non-hydrogen) atoms.